The molecule has 1 atom stereocenters. The fraction of sp³-hybridized carbons (Fsp3) is 1.00. The monoisotopic (exact) mass is 166 g/mol. The molecule has 0 aliphatic carbocycles. The predicted molar refractivity (Wildman–Crippen MR) is 42.5 cm³/mol. The maximum absolute atomic E-state index is 8.62. The van der Waals surface area contributed by atoms with Crippen LogP contribution in [0.15, 0.2) is 0 Å². The average molecular weight is 167 g/mol. The van der Waals surface area contributed by atoms with Gasteiger partial charge in [0, 0.05) is 6.61 Å². The summed E-state index contributed by atoms with van der Waals surface area (Å²) in [5, 5.41) is 8.62. The van der Waals surface area contributed by atoms with Crippen molar-refractivity contribution in [2.45, 2.75) is 25.9 Å². The highest BCUT2D eigenvalue weighted by atomic mass is 35.5. The van der Waals surface area contributed by atoms with Crippen molar-refractivity contribution in [3.8, 4) is 0 Å². The normalized spacial score (nSPS) is 13.5. The van der Waals surface area contributed by atoms with Crippen LogP contribution in [-0.4, -0.2) is 30.3 Å². The Morgan fingerprint density at radius 3 is 2.70 bits per heavy atom. The average Bonchev–Trinajstić information content (AvgIpc) is 1.99. The van der Waals surface area contributed by atoms with Gasteiger partial charge in [-0.1, -0.05) is 13.3 Å². The second-order valence-corrected chi connectivity index (χ2v) is 2.49. The molecule has 0 aromatic heterocycles. The van der Waals surface area contributed by atoms with E-state index in [-0.39, 0.29) is 12.7 Å². The van der Waals surface area contributed by atoms with Crippen LogP contribution in [0.2, 0.25) is 0 Å². The fourth-order valence-corrected chi connectivity index (χ4v) is 0.727. The quantitative estimate of drug-likeness (QED) is 0.478. The summed E-state index contributed by atoms with van der Waals surface area (Å²) in [6.07, 6.45) is 1.97. The fourth-order valence-electron chi connectivity index (χ4n) is 0.540. The Labute approximate surface area is 67.1 Å². The lowest BCUT2D eigenvalue weighted by Crippen LogP contribution is -2.19. The summed E-state index contributed by atoms with van der Waals surface area (Å²) in [5.74, 6) is 0.375. The van der Waals surface area contributed by atoms with E-state index in [1.807, 2.05) is 0 Å². The number of rotatable bonds is 6. The SMILES string of the molecule is CCCCOC(CO)CCl. The predicted octanol–water partition coefficient (Wildman–Crippen LogP) is 1.40. The molecule has 1 unspecified atom stereocenters. The van der Waals surface area contributed by atoms with Crippen LogP contribution < -0.4 is 0 Å². The van der Waals surface area contributed by atoms with Gasteiger partial charge in [-0.15, -0.1) is 11.6 Å². The van der Waals surface area contributed by atoms with Crippen LogP contribution in [0.1, 0.15) is 19.8 Å². The van der Waals surface area contributed by atoms with Crippen LogP contribution in [-0.2, 0) is 4.74 Å². The van der Waals surface area contributed by atoms with Crippen molar-refractivity contribution < 1.29 is 9.84 Å². The number of alkyl halides is 1. The van der Waals surface area contributed by atoms with Crippen LogP contribution in [0.5, 0.6) is 0 Å². The molecule has 0 heterocycles. The van der Waals surface area contributed by atoms with Gasteiger partial charge in [-0.2, -0.15) is 0 Å². The maximum atomic E-state index is 8.62. The molecule has 0 amide bonds. The van der Waals surface area contributed by atoms with E-state index in [9.17, 15) is 0 Å². The van der Waals surface area contributed by atoms with E-state index in [0.717, 1.165) is 12.8 Å². The molecule has 0 fully saturated rings. The van der Waals surface area contributed by atoms with Gasteiger partial charge in [0.2, 0.25) is 0 Å². The highest BCUT2D eigenvalue weighted by Crippen LogP contribution is 1.96. The number of aliphatic hydroxyl groups is 1. The van der Waals surface area contributed by atoms with Gasteiger partial charge in [0.1, 0.15) is 0 Å². The van der Waals surface area contributed by atoms with Crippen molar-refractivity contribution in [2.24, 2.45) is 0 Å². The lowest BCUT2D eigenvalue weighted by atomic mass is 10.3. The van der Waals surface area contributed by atoms with Gasteiger partial charge >= 0.3 is 0 Å². The van der Waals surface area contributed by atoms with Gasteiger partial charge in [-0.3, -0.25) is 0 Å². The molecule has 62 valence electrons. The van der Waals surface area contributed by atoms with E-state index in [0.29, 0.717) is 12.5 Å². The van der Waals surface area contributed by atoms with Crippen molar-refractivity contribution in [1.29, 1.82) is 0 Å². The zero-order valence-electron chi connectivity index (χ0n) is 6.35. The van der Waals surface area contributed by atoms with Crippen molar-refractivity contribution in [1.82, 2.24) is 0 Å². The standard InChI is InChI=1S/C7H15ClO2/c1-2-3-4-10-7(5-8)6-9/h7,9H,2-6H2,1H3. The number of unbranched alkanes of at least 4 members (excludes halogenated alkanes) is 1. The summed E-state index contributed by atoms with van der Waals surface area (Å²) < 4.78 is 5.20. The Hall–Kier alpha value is 0.210. The van der Waals surface area contributed by atoms with Gasteiger partial charge in [-0.05, 0) is 6.42 Å². The van der Waals surface area contributed by atoms with Gasteiger partial charge in [0.15, 0.2) is 0 Å². The van der Waals surface area contributed by atoms with E-state index in [1.165, 1.54) is 0 Å². The maximum Gasteiger partial charge on any atom is 0.0940 e. The molecule has 0 rings (SSSR count). The topological polar surface area (TPSA) is 29.5 Å². The molecule has 0 aliphatic rings. The molecule has 0 spiro atoms. The first-order chi connectivity index (χ1) is 4.85. The molecule has 2 nitrogen and oxygen atoms in total. The van der Waals surface area contributed by atoms with Crippen LogP contribution in [0.4, 0.5) is 0 Å². The number of hydrogen-bond donors (Lipinski definition) is 1. The van der Waals surface area contributed by atoms with Crippen LogP contribution in [0.25, 0.3) is 0 Å². The van der Waals surface area contributed by atoms with Crippen molar-refractivity contribution in [3.63, 3.8) is 0 Å². The van der Waals surface area contributed by atoms with E-state index < -0.39 is 0 Å². The van der Waals surface area contributed by atoms with Crippen LogP contribution in [0, 0.1) is 0 Å². The Bertz CT molecular complexity index is 64.6. The first-order valence-corrected chi connectivity index (χ1v) is 4.17. The number of aliphatic hydroxyl groups excluding tert-OH is 1. The molecular weight excluding hydrogens is 152 g/mol. The molecular formula is C7H15ClO2. The molecule has 0 bridgehead atoms. The zero-order valence-corrected chi connectivity index (χ0v) is 7.10. The largest absolute Gasteiger partial charge is 0.394 e. The molecule has 0 aliphatic heterocycles. The summed E-state index contributed by atoms with van der Waals surface area (Å²) >= 11 is 5.46. The van der Waals surface area contributed by atoms with Crippen LogP contribution in [0.3, 0.4) is 0 Å². The lowest BCUT2D eigenvalue weighted by Gasteiger charge is -2.10. The summed E-state index contributed by atoms with van der Waals surface area (Å²) in [7, 11) is 0. The van der Waals surface area contributed by atoms with E-state index in [4.69, 9.17) is 21.4 Å². The second-order valence-electron chi connectivity index (χ2n) is 2.18. The van der Waals surface area contributed by atoms with Crippen molar-refractivity contribution >= 4 is 11.6 Å². The third-order valence-corrected chi connectivity index (χ3v) is 1.57. The van der Waals surface area contributed by atoms with E-state index in [1.54, 1.807) is 0 Å². The molecule has 10 heavy (non-hydrogen) atoms. The minimum Gasteiger partial charge on any atom is -0.394 e. The Morgan fingerprint density at radius 1 is 1.60 bits per heavy atom. The molecule has 0 saturated carbocycles. The van der Waals surface area contributed by atoms with Crippen LogP contribution >= 0.6 is 11.6 Å². The molecule has 0 aromatic rings. The first kappa shape index (κ1) is 10.2. The second kappa shape index (κ2) is 7.32. The highest BCUT2D eigenvalue weighted by molar-refractivity contribution is 6.18. The Kier molecular flexibility index (Phi) is 7.47. The van der Waals surface area contributed by atoms with E-state index >= 15 is 0 Å². The van der Waals surface area contributed by atoms with Gasteiger partial charge in [0.25, 0.3) is 0 Å². The summed E-state index contributed by atoms with van der Waals surface area (Å²) in [6.45, 7) is 2.82. The molecule has 0 saturated heterocycles. The third kappa shape index (κ3) is 5.03. The van der Waals surface area contributed by atoms with Gasteiger partial charge in [-0.25, -0.2) is 0 Å². The third-order valence-electron chi connectivity index (χ3n) is 1.23. The molecule has 1 N–H and O–H groups in total. The minimum absolute atomic E-state index is 0.0210. The van der Waals surface area contributed by atoms with E-state index in [2.05, 4.69) is 6.92 Å². The lowest BCUT2D eigenvalue weighted by molar-refractivity contribution is 0.0258. The Morgan fingerprint density at radius 2 is 2.30 bits per heavy atom. The smallest absolute Gasteiger partial charge is 0.0940 e. The minimum atomic E-state index is -0.173. The molecule has 3 heteroatoms. The highest BCUT2D eigenvalue weighted by Gasteiger charge is 2.03. The number of halogens is 1. The Balaban J connectivity index is 3.09. The molecule has 0 radical (unpaired) electrons. The summed E-state index contributed by atoms with van der Waals surface area (Å²) in [5.41, 5.74) is 0. The summed E-state index contributed by atoms with van der Waals surface area (Å²) in [4.78, 5) is 0. The first-order valence-electron chi connectivity index (χ1n) is 3.63. The molecule has 0 aromatic carbocycles. The number of ether oxygens (including phenoxy) is 1. The summed E-state index contributed by atoms with van der Waals surface area (Å²) in [6, 6.07) is 0. The number of hydrogen-bond acceptors (Lipinski definition) is 2. The zero-order chi connectivity index (χ0) is 7.82. The van der Waals surface area contributed by atoms with Gasteiger partial charge < -0.3 is 9.84 Å². The van der Waals surface area contributed by atoms with Crippen molar-refractivity contribution in [3.05, 3.63) is 0 Å². The van der Waals surface area contributed by atoms with Crippen molar-refractivity contribution in [2.75, 3.05) is 19.1 Å². The van der Waals surface area contributed by atoms with Gasteiger partial charge in [0.05, 0.1) is 18.6 Å².